The average Bonchev–Trinajstić information content (AvgIpc) is 2.95. The highest BCUT2D eigenvalue weighted by Crippen LogP contribution is 2.54. The Balaban J connectivity index is 1.73. The maximum atomic E-state index is 6.16. The second-order valence-electron chi connectivity index (χ2n) is 11.0. The van der Waals surface area contributed by atoms with Gasteiger partial charge in [-0.3, -0.25) is 0 Å². The molecule has 0 N–H and O–H groups in total. The lowest BCUT2D eigenvalue weighted by atomic mass is 9.65. The molecule has 1 fully saturated rings. The minimum absolute atomic E-state index is 0.177. The Morgan fingerprint density at radius 3 is 2.19 bits per heavy atom. The summed E-state index contributed by atoms with van der Waals surface area (Å²) < 4.78 is 12.3. The van der Waals surface area contributed by atoms with E-state index in [-0.39, 0.29) is 11.7 Å². The summed E-state index contributed by atoms with van der Waals surface area (Å²) in [5.74, 6) is 2.22. The molecule has 2 heteroatoms. The van der Waals surface area contributed by atoms with Crippen LogP contribution in [0, 0.1) is 16.7 Å². The zero-order chi connectivity index (χ0) is 19.8. The molecule has 0 bridgehead atoms. The first kappa shape index (κ1) is 20.7. The van der Waals surface area contributed by atoms with Crippen molar-refractivity contribution in [2.45, 2.75) is 105 Å². The Hall–Kier alpha value is -1.02. The molecule has 152 valence electrons. The van der Waals surface area contributed by atoms with Gasteiger partial charge in [-0.1, -0.05) is 66.9 Å². The smallest absolute Gasteiger partial charge is 0.197 e. The third kappa shape index (κ3) is 4.88. The molecule has 3 rings (SSSR count). The fourth-order valence-corrected chi connectivity index (χ4v) is 5.28. The first-order chi connectivity index (χ1) is 12.6. The topological polar surface area (TPSA) is 18.5 Å². The van der Waals surface area contributed by atoms with Gasteiger partial charge in [0.1, 0.15) is 5.75 Å². The van der Waals surface area contributed by atoms with Gasteiger partial charge >= 0.3 is 0 Å². The van der Waals surface area contributed by atoms with E-state index in [0.717, 1.165) is 12.2 Å². The van der Waals surface area contributed by atoms with Crippen LogP contribution in [0.4, 0.5) is 0 Å². The fourth-order valence-electron chi connectivity index (χ4n) is 5.28. The summed E-state index contributed by atoms with van der Waals surface area (Å²) in [6, 6.07) is 6.75. The van der Waals surface area contributed by atoms with Crippen LogP contribution in [0.25, 0.3) is 0 Å². The van der Waals surface area contributed by atoms with E-state index < -0.39 is 0 Å². The lowest BCUT2D eigenvalue weighted by Gasteiger charge is -2.40. The van der Waals surface area contributed by atoms with Gasteiger partial charge in [-0.25, -0.2) is 0 Å². The molecule has 1 saturated carbocycles. The quantitative estimate of drug-likeness (QED) is 0.524. The van der Waals surface area contributed by atoms with E-state index in [1.807, 2.05) is 6.92 Å². The number of hydrogen-bond acceptors (Lipinski definition) is 2. The molecule has 0 aliphatic heterocycles. The average molecular weight is 373 g/mol. The molecule has 0 amide bonds. The molecular weight excluding hydrogens is 332 g/mol. The summed E-state index contributed by atoms with van der Waals surface area (Å²) in [4.78, 5) is 0. The van der Waals surface area contributed by atoms with E-state index in [4.69, 9.17) is 9.47 Å². The monoisotopic (exact) mass is 372 g/mol. The number of ether oxygens (including phenoxy) is 2. The number of rotatable bonds is 4. The summed E-state index contributed by atoms with van der Waals surface area (Å²) >= 11 is 0. The van der Waals surface area contributed by atoms with E-state index >= 15 is 0 Å². The second-order valence-corrected chi connectivity index (χ2v) is 11.0. The number of benzene rings is 1. The number of hydrogen-bond donors (Lipinski definition) is 0. The third-order valence-electron chi connectivity index (χ3n) is 6.58. The van der Waals surface area contributed by atoms with Crippen molar-refractivity contribution in [2.75, 3.05) is 0 Å². The Bertz CT molecular complexity index is 629. The summed E-state index contributed by atoms with van der Waals surface area (Å²) in [5, 5.41) is 0. The van der Waals surface area contributed by atoms with Crippen LogP contribution in [-0.2, 0) is 11.2 Å². The minimum atomic E-state index is -0.177. The van der Waals surface area contributed by atoms with Gasteiger partial charge in [0.25, 0.3) is 0 Å². The first-order valence-electron chi connectivity index (χ1n) is 11.0. The highest BCUT2D eigenvalue weighted by atomic mass is 16.7. The van der Waals surface area contributed by atoms with Crippen LogP contribution >= 0.6 is 0 Å². The maximum Gasteiger partial charge on any atom is 0.197 e. The van der Waals surface area contributed by atoms with Crippen molar-refractivity contribution in [2.24, 2.45) is 16.7 Å². The van der Waals surface area contributed by atoms with Gasteiger partial charge in [-0.05, 0) is 72.1 Å². The molecule has 1 aromatic rings. The molecule has 0 saturated heterocycles. The molecule has 0 heterocycles. The van der Waals surface area contributed by atoms with Crippen molar-refractivity contribution in [3.8, 4) is 5.75 Å². The van der Waals surface area contributed by atoms with Gasteiger partial charge in [0.05, 0.1) is 6.10 Å². The Morgan fingerprint density at radius 2 is 1.59 bits per heavy atom. The molecule has 1 aromatic carbocycles. The van der Waals surface area contributed by atoms with E-state index in [2.05, 4.69) is 59.7 Å². The van der Waals surface area contributed by atoms with Crippen LogP contribution < -0.4 is 4.74 Å². The van der Waals surface area contributed by atoms with Gasteiger partial charge in [0, 0.05) is 0 Å². The molecule has 2 aliphatic rings. The van der Waals surface area contributed by atoms with Crippen molar-refractivity contribution in [1.82, 2.24) is 0 Å². The van der Waals surface area contributed by atoms with E-state index in [0.29, 0.717) is 23.4 Å². The SMILES string of the molecule is CC(Oc1ccc2c(c1)CC(C(C)(C)C)C2C(C)(C)C)OC1CCCCC1. The van der Waals surface area contributed by atoms with Crippen molar-refractivity contribution < 1.29 is 9.47 Å². The van der Waals surface area contributed by atoms with Crippen LogP contribution in [0.1, 0.15) is 97.6 Å². The summed E-state index contributed by atoms with van der Waals surface area (Å²) in [6.07, 6.45) is 7.64. The molecular formula is C25H40O2. The van der Waals surface area contributed by atoms with Crippen molar-refractivity contribution in [3.63, 3.8) is 0 Å². The van der Waals surface area contributed by atoms with Crippen LogP contribution in [0.15, 0.2) is 18.2 Å². The summed E-state index contributed by atoms with van der Waals surface area (Å²) in [7, 11) is 0. The van der Waals surface area contributed by atoms with Gasteiger partial charge < -0.3 is 9.47 Å². The lowest BCUT2D eigenvalue weighted by Crippen LogP contribution is -2.31. The second kappa shape index (κ2) is 7.78. The third-order valence-corrected chi connectivity index (χ3v) is 6.58. The van der Waals surface area contributed by atoms with Crippen molar-refractivity contribution in [1.29, 1.82) is 0 Å². The maximum absolute atomic E-state index is 6.16. The van der Waals surface area contributed by atoms with Crippen molar-refractivity contribution in [3.05, 3.63) is 29.3 Å². The van der Waals surface area contributed by atoms with Gasteiger partial charge in [-0.2, -0.15) is 0 Å². The molecule has 3 unspecified atom stereocenters. The molecule has 3 atom stereocenters. The zero-order valence-corrected chi connectivity index (χ0v) is 18.6. The Kier molecular flexibility index (Phi) is 5.96. The lowest BCUT2D eigenvalue weighted by molar-refractivity contribution is -0.116. The van der Waals surface area contributed by atoms with E-state index in [1.165, 1.54) is 43.2 Å². The standard InChI is InChI=1S/C25H40O2/c1-17(26-19-11-9-8-10-12-19)27-20-13-14-21-18(15-20)16-22(24(2,3)4)23(21)25(5,6)7/h13-15,17,19,22-23H,8-12,16H2,1-7H3. The van der Waals surface area contributed by atoms with Crippen LogP contribution in [0.3, 0.4) is 0 Å². The van der Waals surface area contributed by atoms with Crippen LogP contribution in [0.2, 0.25) is 0 Å². The van der Waals surface area contributed by atoms with Crippen LogP contribution in [0.5, 0.6) is 5.75 Å². The molecule has 0 aromatic heterocycles. The normalized spacial score (nSPS) is 25.3. The van der Waals surface area contributed by atoms with E-state index in [1.54, 1.807) is 0 Å². The van der Waals surface area contributed by atoms with Gasteiger partial charge in [-0.15, -0.1) is 0 Å². The first-order valence-corrected chi connectivity index (χ1v) is 11.0. The van der Waals surface area contributed by atoms with Crippen LogP contribution in [-0.4, -0.2) is 12.4 Å². The molecule has 0 spiro atoms. The van der Waals surface area contributed by atoms with Gasteiger partial charge in [0.15, 0.2) is 6.29 Å². The highest BCUT2D eigenvalue weighted by molar-refractivity contribution is 5.43. The predicted molar refractivity (Wildman–Crippen MR) is 113 cm³/mol. The molecule has 27 heavy (non-hydrogen) atoms. The minimum Gasteiger partial charge on any atom is -0.465 e. The Morgan fingerprint density at radius 1 is 0.926 bits per heavy atom. The largest absolute Gasteiger partial charge is 0.465 e. The number of fused-ring (bicyclic) bond motifs is 1. The molecule has 2 nitrogen and oxygen atoms in total. The molecule has 0 radical (unpaired) electrons. The summed E-state index contributed by atoms with van der Waals surface area (Å²) in [6.45, 7) is 16.4. The fraction of sp³-hybridized carbons (Fsp3) is 0.760. The predicted octanol–water partition coefficient (Wildman–Crippen LogP) is 7.11. The van der Waals surface area contributed by atoms with Crippen molar-refractivity contribution >= 4 is 0 Å². The summed E-state index contributed by atoms with van der Waals surface area (Å²) in [5.41, 5.74) is 3.56. The highest BCUT2D eigenvalue weighted by Gasteiger charge is 2.44. The zero-order valence-electron chi connectivity index (χ0n) is 18.6. The van der Waals surface area contributed by atoms with E-state index in [9.17, 15) is 0 Å². The van der Waals surface area contributed by atoms with Gasteiger partial charge in [0.2, 0.25) is 0 Å². The Labute approximate surface area is 167 Å². The molecule has 2 aliphatic carbocycles.